The number of hydrogen-bond donors (Lipinski definition) is 0. The Morgan fingerprint density at radius 3 is 2.75 bits per heavy atom. The van der Waals surface area contributed by atoms with Crippen LogP contribution in [0.3, 0.4) is 0 Å². The van der Waals surface area contributed by atoms with Gasteiger partial charge >= 0.3 is 0 Å². The minimum atomic E-state index is -0.696. The quantitative estimate of drug-likeness (QED) is 0.534. The number of rotatable bonds is 2. The van der Waals surface area contributed by atoms with Crippen molar-refractivity contribution in [2.75, 3.05) is 13.5 Å². The molecule has 0 radical (unpaired) electrons. The summed E-state index contributed by atoms with van der Waals surface area (Å²) >= 11 is 0. The Hall–Kier alpha value is -0.150. The lowest BCUT2D eigenvalue weighted by Crippen LogP contribution is -2.44. The lowest BCUT2D eigenvalue weighted by atomic mass is 10.2. The third-order valence-corrected chi connectivity index (χ3v) is 1.32. The van der Waals surface area contributed by atoms with Crippen molar-refractivity contribution in [3.8, 4) is 0 Å². The molecular weight excluding hydrogens is 111 g/mol. The third kappa shape index (κ3) is 0.980. The minimum absolute atomic E-state index is 0.000000000000000222. The first-order chi connectivity index (χ1) is 3.84. The van der Waals surface area contributed by atoms with Gasteiger partial charge < -0.3 is 9.47 Å². The number of halogens is 1. The lowest BCUT2D eigenvalue weighted by molar-refractivity contribution is -0.193. The maximum absolute atomic E-state index is 11.4. The van der Waals surface area contributed by atoms with Crippen molar-refractivity contribution in [1.82, 2.24) is 0 Å². The summed E-state index contributed by atoms with van der Waals surface area (Å²) in [5.74, 6) is 0. The molecule has 1 rings (SSSR count). The Labute approximate surface area is 47.6 Å². The van der Waals surface area contributed by atoms with Crippen LogP contribution in [0.25, 0.3) is 0 Å². The highest BCUT2D eigenvalue weighted by atomic mass is 19.1. The molecule has 2 nitrogen and oxygen atoms in total. The number of ether oxygens (including phenoxy) is 2. The van der Waals surface area contributed by atoms with E-state index in [1.54, 1.807) is 0 Å². The summed E-state index contributed by atoms with van der Waals surface area (Å²) in [6, 6.07) is 0. The molecule has 8 heavy (non-hydrogen) atoms. The molecule has 0 bridgehead atoms. The van der Waals surface area contributed by atoms with Gasteiger partial charge in [-0.15, -0.1) is 0 Å². The Bertz CT molecular complexity index is 76.8. The van der Waals surface area contributed by atoms with Crippen molar-refractivity contribution in [3.63, 3.8) is 0 Å². The van der Waals surface area contributed by atoms with E-state index in [2.05, 4.69) is 4.74 Å². The van der Waals surface area contributed by atoms with Crippen LogP contribution in [-0.2, 0) is 9.47 Å². The van der Waals surface area contributed by atoms with Gasteiger partial charge in [-0.2, -0.15) is 0 Å². The van der Waals surface area contributed by atoms with Gasteiger partial charge in [0.2, 0.25) is 0 Å². The van der Waals surface area contributed by atoms with Crippen LogP contribution in [0.2, 0.25) is 0 Å². The maximum Gasteiger partial charge on any atom is 0.188 e. The third-order valence-electron chi connectivity index (χ3n) is 1.32. The SMILES string of the molecule is CC1OCC1OCF. The Morgan fingerprint density at radius 2 is 2.62 bits per heavy atom. The molecule has 0 spiro atoms. The maximum atomic E-state index is 11.4. The Kier molecular flexibility index (Phi) is 1.81. The van der Waals surface area contributed by atoms with Gasteiger partial charge in [-0.05, 0) is 6.92 Å². The second-order valence-electron chi connectivity index (χ2n) is 1.85. The van der Waals surface area contributed by atoms with Gasteiger partial charge in [0.25, 0.3) is 0 Å². The smallest absolute Gasteiger partial charge is 0.188 e. The van der Waals surface area contributed by atoms with E-state index in [1.165, 1.54) is 0 Å². The van der Waals surface area contributed by atoms with Crippen LogP contribution in [0.1, 0.15) is 6.92 Å². The molecule has 1 aliphatic heterocycles. The van der Waals surface area contributed by atoms with Crippen molar-refractivity contribution in [2.24, 2.45) is 0 Å². The van der Waals surface area contributed by atoms with Crippen LogP contribution in [0.15, 0.2) is 0 Å². The highest BCUT2D eigenvalue weighted by Gasteiger charge is 2.28. The van der Waals surface area contributed by atoms with Crippen molar-refractivity contribution >= 4 is 0 Å². The summed E-state index contributed by atoms with van der Waals surface area (Å²) in [6.45, 7) is 1.72. The molecule has 48 valence electrons. The molecule has 0 aromatic heterocycles. The van der Waals surface area contributed by atoms with E-state index in [1.807, 2.05) is 6.92 Å². The summed E-state index contributed by atoms with van der Waals surface area (Å²) in [5, 5.41) is 0. The van der Waals surface area contributed by atoms with E-state index in [4.69, 9.17) is 4.74 Å². The van der Waals surface area contributed by atoms with E-state index < -0.39 is 6.86 Å². The monoisotopic (exact) mass is 120 g/mol. The van der Waals surface area contributed by atoms with Crippen LogP contribution in [-0.4, -0.2) is 25.7 Å². The van der Waals surface area contributed by atoms with Crippen LogP contribution in [0.5, 0.6) is 0 Å². The van der Waals surface area contributed by atoms with E-state index >= 15 is 0 Å². The molecule has 2 atom stereocenters. The fourth-order valence-corrected chi connectivity index (χ4v) is 0.632. The molecule has 0 N–H and O–H groups in total. The lowest BCUT2D eigenvalue weighted by Gasteiger charge is -2.32. The molecule has 1 aliphatic rings. The van der Waals surface area contributed by atoms with Crippen LogP contribution in [0.4, 0.5) is 4.39 Å². The minimum Gasteiger partial charge on any atom is -0.373 e. The first-order valence-corrected chi connectivity index (χ1v) is 2.63. The van der Waals surface area contributed by atoms with Crippen LogP contribution < -0.4 is 0 Å². The summed E-state index contributed by atoms with van der Waals surface area (Å²) in [4.78, 5) is 0. The fourth-order valence-electron chi connectivity index (χ4n) is 0.632. The number of hydrogen-bond acceptors (Lipinski definition) is 2. The van der Waals surface area contributed by atoms with Crippen LogP contribution in [0, 0.1) is 0 Å². The zero-order valence-electron chi connectivity index (χ0n) is 4.76. The summed E-state index contributed by atoms with van der Waals surface area (Å²) in [6.07, 6.45) is 0.0887. The summed E-state index contributed by atoms with van der Waals surface area (Å²) in [7, 11) is 0. The molecular formula is C5H9FO2. The first kappa shape index (κ1) is 5.98. The Morgan fingerprint density at radius 1 is 1.88 bits per heavy atom. The predicted octanol–water partition coefficient (Wildman–Crippen LogP) is 0.717. The summed E-state index contributed by atoms with van der Waals surface area (Å²) in [5.41, 5.74) is 0. The molecule has 0 aliphatic carbocycles. The Balaban J connectivity index is 2.08. The molecule has 1 saturated heterocycles. The van der Waals surface area contributed by atoms with E-state index in [0.717, 1.165) is 0 Å². The summed E-state index contributed by atoms with van der Waals surface area (Å²) < 4.78 is 20.9. The molecule has 0 aromatic carbocycles. The molecule has 0 aromatic rings. The molecule has 1 fully saturated rings. The average molecular weight is 120 g/mol. The van der Waals surface area contributed by atoms with E-state index in [-0.39, 0.29) is 12.2 Å². The van der Waals surface area contributed by atoms with Gasteiger partial charge in [0.1, 0.15) is 6.10 Å². The zero-order chi connectivity index (χ0) is 5.98. The topological polar surface area (TPSA) is 18.5 Å². The second kappa shape index (κ2) is 2.42. The highest BCUT2D eigenvalue weighted by molar-refractivity contribution is 4.74. The van der Waals surface area contributed by atoms with Crippen molar-refractivity contribution in [1.29, 1.82) is 0 Å². The number of alkyl halides is 1. The fraction of sp³-hybridized carbons (Fsp3) is 1.00. The van der Waals surface area contributed by atoms with Gasteiger partial charge in [0, 0.05) is 0 Å². The van der Waals surface area contributed by atoms with E-state index in [0.29, 0.717) is 6.61 Å². The van der Waals surface area contributed by atoms with Gasteiger partial charge in [-0.3, -0.25) is 0 Å². The largest absolute Gasteiger partial charge is 0.373 e. The van der Waals surface area contributed by atoms with Crippen molar-refractivity contribution in [2.45, 2.75) is 19.1 Å². The molecule has 3 heteroatoms. The zero-order valence-corrected chi connectivity index (χ0v) is 4.76. The molecule has 1 heterocycles. The highest BCUT2D eigenvalue weighted by Crippen LogP contribution is 2.14. The standard InChI is InChI=1S/C5H9FO2/c1-4-5(2-7-4)8-3-6/h4-5H,2-3H2,1H3. The van der Waals surface area contributed by atoms with Crippen LogP contribution >= 0.6 is 0 Å². The first-order valence-electron chi connectivity index (χ1n) is 2.63. The van der Waals surface area contributed by atoms with E-state index in [9.17, 15) is 4.39 Å². The van der Waals surface area contributed by atoms with Crippen molar-refractivity contribution < 1.29 is 13.9 Å². The predicted molar refractivity (Wildman–Crippen MR) is 26.3 cm³/mol. The molecule has 0 saturated carbocycles. The molecule has 0 amide bonds. The normalized spacial score (nSPS) is 36.8. The average Bonchev–Trinajstić information content (AvgIpc) is 1.79. The van der Waals surface area contributed by atoms with Crippen molar-refractivity contribution in [3.05, 3.63) is 0 Å². The van der Waals surface area contributed by atoms with Gasteiger partial charge in [-0.25, -0.2) is 4.39 Å². The van der Waals surface area contributed by atoms with Gasteiger partial charge in [0.15, 0.2) is 6.86 Å². The second-order valence-corrected chi connectivity index (χ2v) is 1.85. The van der Waals surface area contributed by atoms with Gasteiger partial charge in [0.05, 0.1) is 12.7 Å². The molecule has 2 unspecified atom stereocenters. The van der Waals surface area contributed by atoms with Gasteiger partial charge in [-0.1, -0.05) is 0 Å².